The van der Waals surface area contributed by atoms with Gasteiger partial charge in [0.15, 0.2) is 0 Å². The molecule has 0 aromatic rings. The number of hydrogen-bond donors (Lipinski definition) is 2. The summed E-state index contributed by atoms with van der Waals surface area (Å²) in [4.78, 5) is 14.3. The van der Waals surface area contributed by atoms with E-state index in [1.165, 1.54) is 0 Å². The Balaban J connectivity index is 2.23. The van der Waals surface area contributed by atoms with Crippen molar-refractivity contribution in [2.45, 2.75) is 25.9 Å². The molecule has 1 unspecified atom stereocenters. The van der Waals surface area contributed by atoms with E-state index >= 15 is 0 Å². The van der Waals surface area contributed by atoms with Crippen molar-refractivity contribution in [2.75, 3.05) is 46.4 Å². The third kappa shape index (κ3) is 4.26. The number of nitrogens with zero attached hydrogens (tertiary/aromatic N) is 1. The molecule has 2 N–H and O–H groups in total. The van der Waals surface area contributed by atoms with Gasteiger partial charge in [-0.15, -0.1) is 0 Å². The average molecular weight is 243 g/mol. The highest BCUT2D eigenvalue weighted by atomic mass is 16.5. The van der Waals surface area contributed by atoms with Crippen molar-refractivity contribution in [1.82, 2.24) is 15.5 Å². The second-order valence-corrected chi connectivity index (χ2v) is 4.64. The van der Waals surface area contributed by atoms with Gasteiger partial charge < -0.3 is 15.4 Å². The Morgan fingerprint density at radius 1 is 1.47 bits per heavy atom. The minimum absolute atomic E-state index is 0.0161. The largest absolute Gasteiger partial charge is 0.369 e. The SMILES string of the molecule is CCC(C)(OC)C(=O)NCCN1CCNCC1. The van der Waals surface area contributed by atoms with Crippen molar-refractivity contribution in [3.63, 3.8) is 0 Å². The molecule has 0 bridgehead atoms. The van der Waals surface area contributed by atoms with Gasteiger partial charge >= 0.3 is 0 Å². The van der Waals surface area contributed by atoms with Gasteiger partial charge in [-0.25, -0.2) is 0 Å². The molecule has 0 aliphatic carbocycles. The lowest BCUT2D eigenvalue weighted by atomic mass is 10.0. The fourth-order valence-electron chi connectivity index (χ4n) is 1.85. The van der Waals surface area contributed by atoms with Crippen molar-refractivity contribution in [3.05, 3.63) is 0 Å². The summed E-state index contributed by atoms with van der Waals surface area (Å²) in [6.07, 6.45) is 0.683. The lowest BCUT2D eigenvalue weighted by molar-refractivity contribution is -0.141. The van der Waals surface area contributed by atoms with Gasteiger partial charge in [-0.2, -0.15) is 0 Å². The summed E-state index contributed by atoms with van der Waals surface area (Å²) in [5.41, 5.74) is -0.691. The number of carbonyl (C=O) groups excluding carboxylic acids is 1. The molecule has 1 amide bonds. The lowest BCUT2D eigenvalue weighted by Gasteiger charge is -2.29. The number of nitrogens with one attached hydrogen (secondary N) is 2. The van der Waals surface area contributed by atoms with Crippen molar-refractivity contribution in [2.24, 2.45) is 0 Å². The summed E-state index contributed by atoms with van der Waals surface area (Å²) >= 11 is 0. The van der Waals surface area contributed by atoms with Gasteiger partial charge in [0.25, 0.3) is 5.91 Å². The maximum atomic E-state index is 11.9. The van der Waals surface area contributed by atoms with Gasteiger partial charge in [0.05, 0.1) is 0 Å². The zero-order valence-electron chi connectivity index (χ0n) is 11.2. The summed E-state index contributed by atoms with van der Waals surface area (Å²) in [7, 11) is 1.58. The summed E-state index contributed by atoms with van der Waals surface area (Å²) in [5, 5.41) is 6.25. The van der Waals surface area contributed by atoms with Crippen LogP contribution in [0.25, 0.3) is 0 Å². The first-order chi connectivity index (χ1) is 8.12. The Hall–Kier alpha value is -0.650. The highest BCUT2D eigenvalue weighted by Gasteiger charge is 2.30. The molecule has 1 heterocycles. The highest BCUT2D eigenvalue weighted by molar-refractivity contribution is 5.84. The van der Waals surface area contributed by atoms with E-state index in [4.69, 9.17) is 4.74 Å². The molecule has 1 saturated heterocycles. The molecule has 0 aromatic heterocycles. The average Bonchev–Trinajstić information content (AvgIpc) is 2.39. The third-order valence-electron chi connectivity index (χ3n) is 3.53. The second-order valence-electron chi connectivity index (χ2n) is 4.64. The van der Waals surface area contributed by atoms with Gasteiger partial charge in [-0.3, -0.25) is 9.69 Å². The fourth-order valence-corrected chi connectivity index (χ4v) is 1.85. The second kappa shape index (κ2) is 6.93. The van der Waals surface area contributed by atoms with Crippen LogP contribution in [0.5, 0.6) is 0 Å². The molecule has 1 aliphatic heterocycles. The molecule has 1 fully saturated rings. The van der Waals surface area contributed by atoms with Gasteiger partial charge in [0.2, 0.25) is 0 Å². The van der Waals surface area contributed by atoms with Crippen LogP contribution in [0, 0.1) is 0 Å². The van der Waals surface area contributed by atoms with Gasteiger partial charge in [0.1, 0.15) is 5.60 Å². The van der Waals surface area contributed by atoms with Crippen molar-refractivity contribution >= 4 is 5.91 Å². The van der Waals surface area contributed by atoms with Crippen LogP contribution in [0.2, 0.25) is 0 Å². The first-order valence-electron chi connectivity index (χ1n) is 6.39. The van der Waals surface area contributed by atoms with Gasteiger partial charge in [-0.05, 0) is 13.3 Å². The number of amides is 1. The van der Waals surface area contributed by atoms with E-state index in [9.17, 15) is 4.79 Å². The van der Waals surface area contributed by atoms with Crippen molar-refractivity contribution < 1.29 is 9.53 Å². The van der Waals surface area contributed by atoms with E-state index in [2.05, 4.69) is 15.5 Å². The number of carbonyl (C=O) groups is 1. The van der Waals surface area contributed by atoms with E-state index < -0.39 is 5.60 Å². The molecule has 1 aliphatic rings. The minimum atomic E-state index is -0.691. The topological polar surface area (TPSA) is 53.6 Å². The van der Waals surface area contributed by atoms with E-state index in [-0.39, 0.29) is 5.91 Å². The molecular formula is C12H25N3O2. The monoisotopic (exact) mass is 243 g/mol. The zero-order chi connectivity index (χ0) is 12.7. The predicted octanol–water partition coefficient (Wildman–Crippen LogP) is -0.177. The molecule has 0 radical (unpaired) electrons. The molecule has 0 spiro atoms. The Bertz CT molecular complexity index is 236. The molecule has 5 nitrogen and oxygen atoms in total. The Morgan fingerprint density at radius 3 is 2.65 bits per heavy atom. The molecule has 17 heavy (non-hydrogen) atoms. The smallest absolute Gasteiger partial charge is 0.251 e. The van der Waals surface area contributed by atoms with Crippen LogP contribution < -0.4 is 10.6 Å². The Labute approximate surface area is 104 Å². The molecule has 1 rings (SSSR count). The van der Waals surface area contributed by atoms with E-state index in [0.717, 1.165) is 32.7 Å². The quantitative estimate of drug-likeness (QED) is 0.680. The lowest BCUT2D eigenvalue weighted by Crippen LogP contribution is -2.50. The van der Waals surface area contributed by atoms with Crippen LogP contribution >= 0.6 is 0 Å². The number of ether oxygens (including phenoxy) is 1. The molecule has 5 heteroatoms. The zero-order valence-corrected chi connectivity index (χ0v) is 11.2. The number of rotatable bonds is 6. The Morgan fingerprint density at radius 2 is 2.12 bits per heavy atom. The number of hydrogen-bond acceptors (Lipinski definition) is 4. The number of piperazine rings is 1. The van der Waals surface area contributed by atoms with Crippen LogP contribution in [-0.4, -0.2) is 62.8 Å². The fraction of sp³-hybridized carbons (Fsp3) is 0.917. The van der Waals surface area contributed by atoms with Gasteiger partial charge in [-0.1, -0.05) is 6.92 Å². The van der Waals surface area contributed by atoms with E-state index in [1.54, 1.807) is 7.11 Å². The molecule has 0 saturated carbocycles. The van der Waals surface area contributed by atoms with Crippen molar-refractivity contribution in [1.29, 1.82) is 0 Å². The Kier molecular flexibility index (Phi) is 5.88. The maximum absolute atomic E-state index is 11.9. The molecule has 0 aromatic carbocycles. The van der Waals surface area contributed by atoms with Crippen LogP contribution in [0.4, 0.5) is 0 Å². The first-order valence-corrected chi connectivity index (χ1v) is 6.39. The normalized spacial score (nSPS) is 20.9. The first kappa shape index (κ1) is 14.4. The molecule has 1 atom stereocenters. The van der Waals surface area contributed by atoms with Crippen LogP contribution in [0.3, 0.4) is 0 Å². The molecular weight excluding hydrogens is 218 g/mol. The van der Waals surface area contributed by atoms with Crippen LogP contribution in [0.1, 0.15) is 20.3 Å². The third-order valence-corrected chi connectivity index (χ3v) is 3.53. The standard InChI is InChI=1S/C12H25N3O2/c1-4-12(2,17-3)11(16)14-7-10-15-8-5-13-6-9-15/h13H,4-10H2,1-3H3,(H,14,16). The summed E-state index contributed by atoms with van der Waals surface area (Å²) in [6, 6.07) is 0. The van der Waals surface area contributed by atoms with E-state index in [1.807, 2.05) is 13.8 Å². The predicted molar refractivity (Wildman–Crippen MR) is 68.0 cm³/mol. The number of methoxy groups -OCH3 is 1. The van der Waals surface area contributed by atoms with Crippen molar-refractivity contribution in [3.8, 4) is 0 Å². The maximum Gasteiger partial charge on any atom is 0.251 e. The summed E-state index contributed by atoms with van der Waals surface area (Å²) in [6.45, 7) is 9.59. The minimum Gasteiger partial charge on any atom is -0.369 e. The summed E-state index contributed by atoms with van der Waals surface area (Å²) in [5.74, 6) is -0.0161. The van der Waals surface area contributed by atoms with E-state index in [0.29, 0.717) is 13.0 Å². The summed E-state index contributed by atoms with van der Waals surface area (Å²) < 4.78 is 5.26. The van der Waals surface area contributed by atoms with Gasteiger partial charge in [0, 0.05) is 46.4 Å². The highest BCUT2D eigenvalue weighted by Crippen LogP contribution is 2.13. The van der Waals surface area contributed by atoms with Crippen LogP contribution in [0.15, 0.2) is 0 Å². The van der Waals surface area contributed by atoms with Crippen LogP contribution in [-0.2, 0) is 9.53 Å². The molecule has 100 valence electrons.